The van der Waals surface area contributed by atoms with Crippen molar-refractivity contribution in [1.29, 1.82) is 0 Å². The summed E-state index contributed by atoms with van der Waals surface area (Å²) < 4.78 is 7.93. The Balaban J connectivity index is 1.27. The van der Waals surface area contributed by atoms with E-state index in [9.17, 15) is 4.79 Å². The van der Waals surface area contributed by atoms with E-state index in [4.69, 9.17) is 9.72 Å². The molecule has 0 atom stereocenters. The molecule has 1 amide bonds. The van der Waals surface area contributed by atoms with Crippen molar-refractivity contribution < 1.29 is 9.53 Å². The van der Waals surface area contributed by atoms with Gasteiger partial charge in [-0.05, 0) is 93.9 Å². The van der Waals surface area contributed by atoms with E-state index in [0.717, 1.165) is 119 Å². The van der Waals surface area contributed by atoms with E-state index in [1.54, 1.807) is 7.11 Å². The number of anilines is 4. The van der Waals surface area contributed by atoms with Crippen molar-refractivity contribution in [2.24, 2.45) is 7.05 Å². The minimum Gasteiger partial charge on any atom is -0.494 e. The molecule has 1 aliphatic heterocycles. The van der Waals surface area contributed by atoms with Gasteiger partial charge in [-0.15, -0.1) is 0 Å². The Morgan fingerprint density at radius 1 is 1.07 bits per heavy atom. The predicted octanol–water partition coefficient (Wildman–Crippen LogP) is 6.55. The highest BCUT2D eigenvalue weighted by Crippen LogP contribution is 2.39. The Kier molecular flexibility index (Phi) is 9.04. The molecule has 2 aliphatic rings. The zero-order chi connectivity index (χ0) is 32.5. The van der Waals surface area contributed by atoms with Gasteiger partial charge in [0.05, 0.1) is 29.7 Å². The number of ether oxygens (including phenoxy) is 1. The fraction of sp³-hybridized carbons (Fsp3) is 0.432. The van der Waals surface area contributed by atoms with Gasteiger partial charge in [-0.2, -0.15) is 0 Å². The van der Waals surface area contributed by atoms with Crippen molar-refractivity contribution in [2.75, 3.05) is 49.8 Å². The van der Waals surface area contributed by atoms with Gasteiger partial charge in [0.25, 0.3) is 5.91 Å². The molecule has 2 N–H and O–H groups in total. The van der Waals surface area contributed by atoms with Crippen molar-refractivity contribution in [2.45, 2.75) is 65.3 Å². The Labute approximate surface area is 273 Å². The first kappa shape index (κ1) is 31.6. The second-order valence-electron chi connectivity index (χ2n) is 12.7. The number of fused-ring (bicyclic) bond motifs is 3. The van der Waals surface area contributed by atoms with E-state index < -0.39 is 0 Å². The fourth-order valence-electron chi connectivity index (χ4n) is 7.16. The molecule has 1 aliphatic carbocycles. The molecule has 9 heteroatoms. The topological polar surface area (TPSA) is 87.6 Å². The molecule has 9 nitrogen and oxygen atoms in total. The number of carbonyl (C=O) groups excluding carboxylic acids is 1. The molecule has 0 spiro atoms. The third kappa shape index (κ3) is 5.84. The monoisotopic (exact) mass is 621 g/mol. The Morgan fingerprint density at radius 2 is 1.78 bits per heavy atom. The number of nitrogens with one attached hydrogen (secondary N) is 2. The maximum absolute atomic E-state index is 13.9. The fourth-order valence-corrected chi connectivity index (χ4v) is 7.16. The number of rotatable bonds is 9. The zero-order valence-corrected chi connectivity index (χ0v) is 28.3. The number of methoxy groups -OCH3 is 1. The molecule has 0 saturated carbocycles. The summed E-state index contributed by atoms with van der Waals surface area (Å²) in [6.45, 7) is 8.32. The largest absolute Gasteiger partial charge is 0.494 e. The van der Waals surface area contributed by atoms with Gasteiger partial charge in [0.1, 0.15) is 5.75 Å². The highest BCUT2D eigenvalue weighted by Gasteiger charge is 2.30. The zero-order valence-electron chi connectivity index (χ0n) is 28.3. The lowest BCUT2D eigenvalue weighted by Gasteiger charge is -2.36. The van der Waals surface area contributed by atoms with Crippen molar-refractivity contribution in [3.63, 3.8) is 0 Å². The molecule has 1 saturated heterocycles. The van der Waals surface area contributed by atoms with Crippen LogP contribution < -0.4 is 20.3 Å². The maximum atomic E-state index is 13.9. The number of nitrogens with zero attached hydrogens (tertiary/aromatic N) is 5. The quantitative estimate of drug-likeness (QED) is 0.219. The lowest BCUT2D eigenvalue weighted by atomic mass is 9.92. The van der Waals surface area contributed by atoms with Crippen LogP contribution in [0.5, 0.6) is 5.75 Å². The van der Waals surface area contributed by atoms with Crippen LogP contribution in [-0.4, -0.2) is 65.7 Å². The van der Waals surface area contributed by atoms with E-state index in [1.807, 2.05) is 26.2 Å². The summed E-state index contributed by atoms with van der Waals surface area (Å²) in [6, 6.07) is 13.2. The Morgan fingerprint density at radius 3 is 2.43 bits per heavy atom. The molecule has 0 bridgehead atoms. The van der Waals surface area contributed by atoms with Crippen LogP contribution in [0.1, 0.15) is 65.0 Å². The van der Waals surface area contributed by atoms with Crippen LogP contribution >= 0.6 is 0 Å². The normalized spacial score (nSPS) is 14.7. The van der Waals surface area contributed by atoms with Crippen LogP contribution in [0.3, 0.4) is 0 Å². The molecule has 6 rings (SSSR count). The van der Waals surface area contributed by atoms with E-state index in [1.165, 1.54) is 0 Å². The number of aryl methyl sites for hydroxylation is 3. The first-order chi connectivity index (χ1) is 22.2. The standard InChI is InChI=1S/C37H47N7O2/c1-8-24-11-10-12-25(9-2)33(24)40-36(45)32-23(3)43(6)35-29(32)15-13-26-22-38-37(41-34(26)35)39-30-16-14-28(21-31(30)46-7)44-19-17-27(18-20-44)42(4)5/h10-12,14,16,21-22,27H,8-9,13,15,17-20H2,1-7H3,(H,40,45)(H,38,39,41). The van der Waals surface area contributed by atoms with Gasteiger partial charge in [-0.3, -0.25) is 4.79 Å². The van der Waals surface area contributed by atoms with Crippen LogP contribution in [0.2, 0.25) is 0 Å². The van der Waals surface area contributed by atoms with Gasteiger partial charge in [0.2, 0.25) is 5.95 Å². The van der Waals surface area contributed by atoms with Gasteiger partial charge in [0.15, 0.2) is 0 Å². The number of hydrogen-bond donors (Lipinski definition) is 2. The number of amides is 1. The van der Waals surface area contributed by atoms with Gasteiger partial charge < -0.3 is 29.7 Å². The van der Waals surface area contributed by atoms with Crippen LogP contribution in [0, 0.1) is 6.92 Å². The molecule has 0 unspecified atom stereocenters. The van der Waals surface area contributed by atoms with Crippen molar-refractivity contribution in [3.8, 4) is 17.1 Å². The van der Waals surface area contributed by atoms with Crippen LogP contribution in [0.15, 0.2) is 42.6 Å². The SMILES string of the molecule is CCc1cccc(CC)c1NC(=O)c1c2c(n(C)c1C)-c1nc(Nc3ccc(N4CCC(N(C)C)CC4)cc3OC)ncc1CC2. The summed E-state index contributed by atoms with van der Waals surface area (Å²) in [4.78, 5) is 28.4. The van der Waals surface area contributed by atoms with Gasteiger partial charge in [0, 0.05) is 55.5 Å². The first-order valence-corrected chi connectivity index (χ1v) is 16.6. The third-order valence-corrected chi connectivity index (χ3v) is 9.98. The lowest BCUT2D eigenvalue weighted by Crippen LogP contribution is -2.41. The highest BCUT2D eigenvalue weighted by atomic mass is 16.5. The summed E-state index contributed by atoms with van der Waals surface area (Å²) in [5.41, 5.74) is 10.9. The summed E-state index contributed by atoms with van der Waals surface area (Å²) in [5.74, 6) is 1.19. The Bertz CT molecular complexity index is 1730. The summed E-state index contributed by atoms with van der Waals surface area (Å²) in [7, 11) is 8.05. The summed E-state index contributed by atoms with van der Waals surface area (Å²) >= 11 is 0. The minimum absolute atomic E-state index is 0.0587. The van der Waals surface area contributed by atoms with Crippen molar-refractivity contribution in [3.05, 3.63) is 76.1 Å². The molecule has 1 fully saturated rings. The molecule has 2 aromatic heterocycles. The van der Waals surface area contributed by atoms with Gasteiger partial charge in [-0.1, -0.05) is 32.0 Å². The molecule has 4 aromatic rings. The Hall–Kier alpha value is -4.37. The smallest absolute Gasteiger partial charge is 0.257 e. The second kappa shape index (κ2) is 13.2. The molecule has 46 heavy (non-hydrogen) atoms. The lowest BCUT2D eigenvalue weighted by molar-refractivity contribution is 0.102. The number of benzene rings is 2. The number of aromatic nitrogens is 3. The molecule has 0 radical (unpaired) electrons. The van der Waals surface area contributed by atoms with Crippen LogP contribution in [0.4, 0.5) is 23.0 Å². The van der Waals surface area contributed by atoms with Crippen molar-refractivity contribution in [1.82, 2.24) is 19.4 Å². The minimum atomic E-state index is -0.0587. The summed E-state index contributed by atoms with van der Waals surface area (Å²) in [5, 5.41) is 6.72. The summed E-state index contributed by atoms with van der Waals surface area (Å²) in [6.07, 6.45) is 7.47. The van der Waals surface area contributed by atoms with E-state index in [0.29, 0.717) is 12.0 Å². The average Bonchev–Trinajstić information content (AvgIpc) is 3.34. The predicted molar refractivity (Wildman–Crippen MR) is 187 cm³/mol. The second-order valence-corrected chi connectivity index (χ2v) is 12.7. The molecular formula is C37H47N7O2. The van der Waals surface area contributed by atoms with Crippen LogP contribution in [-0.2, 0) is 32.7 Å². The van der Waals surface area contributed by atoms with Gasteiger partial charge in [-0.25, -0.2) is 9.97 Å². The maximum Gasteiger partial charge on any atom is 0.257 e. The average molecular weight is 622 g/mol. The highest BCUT2D eigenvalue weighted by molar-refractivity contribution is 6.08. The number of para-hydroxylation sites is 1. The van der Waals surface area contributed by atoms with Gasteiger partial charge >= 0.3 is 0 Å². The van der Waals surface area contributed by atoms with E-state index >= 15 is 0 Å². The number of hydrogen-bond acceptors (Lipinski definition) is 7. The molecule has 3 heterocycles. The van der Waals surface area contributed by atoms with Crippen LogP contribution in [0.25, 0.3) is 11.4 Å². The first-order valence-electron chi connectivity index (χ1n) is 16.6. The third-order valence-electron chi connectivity index (χ3n) is 9.98. The number of carbonyl (C=O) groups is 1. The molecule has 2 aromatic carbocycles. The van der Waals surface area contributed by atoms with E-state index in [-0.39, 0.29) is 5.91 Å². The number of piperidine rings is 1. The molecular weight excluding hydrogens is 574 g/mol. The van der Waals surface area contributed by atoms with E-state index in [2.05, 4.69) is 88.3 Å². The van der Waals surface area contributed by atoms with Crippen molar-refractivity contribution >= 4 is 28.9 Å². The molecule has 242 valence electrons.